The summed E-state index contributed by atoms with van der Waals surface area (Å²) in [6.45, 7) is 10.8. The van der Waals surface area contributed by atoms with E-state index in [-0.39, 0.29) is 29.9 Å². The molecule has 1 unspecified atom stereocenters. The molecule has 10 nitrogen and oxygen atoms in total. The number of nitrogens with one attached hydrogen (secondary N) is 2. The van der Waals surface area contributed by atoms with Gasteiger partial charge in [0, 0.05) is 32.5 Å². The maximum atomic E-state index is 11.7. The van der Waals surface area contributed by atoms with Crippen LogP contribution in [0.4, 0.5) is 4.79 Å². The van der Waals surface area contributed by atoms with Crippen molar-refractivity contribution >= 4 is 45.3 Å². The Morgan fingerprint density at radius 3 is 1.93 bits per heavy atom. The first-order chi connectivity index (χ1) is 26.3. The smallest absolute Gasteiger partial charge is 0.410 e. The van der Waals surface area contributed by atoms with Gasteiger partial charge in [-0.1, -0.05) is 121 Å². The normalized spacial score (nSPS) is 13.8. The van der Waals surface area contributed by atoms with Gasteiger partial charge >= 0.3 is 6.09 Å². The van der Waals surface area contributed by atoms with Crippen LogP contribution in [0.1, 0.15) is 57.2 Å². The Morgan fingerprint density at radius 1 is 0.800 bits per heavy atom. The number of piperidine rings is 1. The number of carbonyl (C=O) groups is 3. The molecule has 0 spiro atoms. The zero-order chi connectivity index (χ0) is 39.8. The second-order valence-electron chi connectivity index (χ2n) is 14.8. The zero-order valence-corrected chi connectivity index (χ0v) is 32.8. The Kier molecular flexibility index (Phi) is 15.8. The highest BCUT2D eigenvalue weighted by Crippen LogP contribution is 2.20. The number of fused-ring (bicyclic) bond motifs is 2. The summed E-state index contributed by atoms with van der Waals surface area (Å²) in [5.41, 5.74) is 11.1. The first-order valence-corrected chi connectivity index (χ1v) is 18.8. The van der Waals surface area contributed by atoms with Gasteiger partial charge in [0.1, 0.15) is 11.4 Å². The molecule has 0 aromatic heterocycles. The van der Waals surface area contributed by atoms with Gasteiger partial charge in [-0.2, -0.15) is 0 Å². The van der Waals surface area contributed by atoms with E-state index in [0.29, 0.717) is 44.7 Å². The number of nitrogens with two attached hydrogens (primary N) is 2. The molecular weight excluding hydrogens is 689 g/mol. The minimum atomic E-state index is -0.475. The zero-order valence-electron chi connectivity index (χ0n) is 32.8. The van der Waals surface area contributed by atoms with Crippen molar-refractivity contribution in [1.82, 2.24) is 15.6 Å². The lowest BCUT2D eigenvalue weighted by Crippen LogP contribution is -2.49. The number of primary amides is 1. The molecular formula is C45H56N6O4. The van der Waals surface area contributed by atoms with Crippen LogP contribution in [0.25, 0.3) is 21.5 Å². The van der Waals surface area contributed by atoms with Crippen LogP contribution in [0, 0.1) is 12.8 Å². The van der Waals surface area contributed by atoms with Crippen molar-refractivity contribution in [2.24, 2.45) is 22.5 Å². The standard InChI is InChI=1S/C23H26N4O.C11H20N2O3.C11H10/c1-17(28)26-22(16-19-11-12-20-9-5-6-10-21(20)15-19)23(27-24)25-14-13-18-7-3-2-4-8-18;1-11(2,3)16-10(15)13-6-4-8(5-7-13)9(12)14;1-9-6-7-10-4-2-3-5-11(10)8-9/h2-12,15,22H,13-14,16,24H2,1H3,(H,25,27)(H,26,28);8H,4-7H2,1-3H3,(H2,12,14);2-8H,1H3. The van der Waals surface area contributed by atoms with Crippen LogP contribution in [0.5, 0.6) is 0 Å². The molecule has 0 saturated carbocycles. The number of hydrazine groups is 1. The van der Waals surface area contributed by atoms with E-state index in [1.54, 1.807) is 4.90 Å². The number of rotatable bonds is 8. The quantitative estimate of drug-likeness (QED) is 0.0568. The van der Waals surface area contributed by atoms with Gasteiger partial charge in [0.05, 0.1) is 6.04 Å². The number of ether oxygens (including phenoxy) is 1. The SMILES string of the molecule is CC(=O)NC(Cc1ccc2ccccc2c1)C(=NCCc1ccccc1)NN.CC(C)(C)OC(=O)N1CCC(C(N)=O)CC1.Cc1ccc2ccccc2c1. The molecule has 1 aliphatic heterocycles. The van der Waals surface area contributed by atoms with Crippen LogP contribution in [-0.2, 0) is 27.2 Å². The first-order valence-electron chi connectivity index (χ1n) is 18.8. The van der Waals surface area contributed by atoms with Crippen molar-refractivity contribution in [3.63, 3.8) is 0 Å². The first kappa shape index (κ1) is 42.0. The molecule has 6 rings (SSSR count). The van der Waals surface area contributed by atoms with Gasteiger partial charge in [-0.25, -0.2) is 10.6 Å². The molecule has 3 amide bonds. The van der Waals surface area contributed by atoms with Crippen molar-refractivity contribution in [1.29, 1.82) is 0 Å². The van der Waals surface area contributed by atoms with Crippen molar-refractivity contribution < 1.29 is 19.1 Å². The Bertz CT molecular complexity index is 2030. The van der Waals surface area contributed by atoms with E-state index < -0.39 is 5.60 Å². The fourth-order valence-electron chi connectivity index (χ4n) is 6.25. The van der Waals surface area contributed by atoms with E-state index in [1.165, 1.54) is 39.6 Å². The summed E-state index contributed by atoms with van der Waals surface area (Å²) in [5.74, 6) is 5.84. The van der Waals surface area contributed by atoms with Gasteiger partial charge in [0.2, 0.25) is 11.8 Å². The summed E-state index contributed by atoms with van der Waals surface area (Å²) in [7, 11) is 0. The number of hydrogen-bond donors (Lipinski definition) is 4. The maximum absolute atomic E-state index is 11.7. The van der Waals surface area contributed by atoms with Gasteiger partial charge in [-0.15, -0.1) is 0 Å². The summed E-state index contributed by atoms with van der Waals surface area (Å²) in [5, 5.41) is 7.97. The van der Waals surface area contributed by atoms with Crippen molar-refractivity contribution in [3.05, 3.63) is 132 Å². The van der Waals surface area contributed by atoms with Crippen LogP contribution in [0.2, 0.25) is 0 Å². The molecule has 0 radical (unpaired) electrons. The number of amidine groups is 1. The number of likely N-dealkylation sites (tertiary alicyclic amines) is 1. The van der Waals surface area contributed by atoms with Gasteiger partial charge in [-0.3, -0.25) is 14.6 Å². The maximum Gasteiger partial charge on any atom is 0.410 e. The fraction of sp³-hybridized carbons (Fsp3) is 0.333. The van der Waals surface area contributed by atoms with Gasteiger partial charge in [0.15, 0.2) is 0 Å². The largest absolute Gasteiger partial charge is 0.444 e. The molecule has 1 fully saturated rings. The van der Waals surface area contributed by atoms with Crippen LogP contribution in [-0.4, -0.2) is 59.9 Å². The third kappa shape index (κ3) is 14.2. The van der Waals surface area contributed by atoms with Gasteiger partial charge in [-0.05, 0) is 86.1 Å². The van der Waals surface area contributed by atoms with E-state index in [9.17, 15) is 14.4 Å². The molecule has 290 valence electrons. The van der Waals surface area contributed by atoms with Crippen molar-refractivity contribution in [2.75, 3.05) is 19.6 Å². The highest BCUT2D eigenvalue weighted by atomic mass is 16.6. The summed E-state index contributed by atoms with van der Waals surface area (Å²) in [6, 6.07) is 39.3. The molecule has 1 saturated heterocycles. The Labute approximate surface area is 325 Å². The topological polar surface area (TPSA) is 152 Å². The fourth-order valence-corrected chi connectivity index (χ4v) is 6.25. The lowest BCUT2D eigenvalue weighted by atomic mass is 9.97. The minimum absolute atomic E-state index is 0.0984. The number of hydrogen-bond acceptors (Lipinski definition) is 6. The molecule has 0 bridgehead atoms. The number of benzene rings is 5. The molecule has 0 aliphatic carbocycles. The van der Waals surface area contributed by atoms with Crippen LogP contribution in [0.3, 0.4) is 0 Å². The summed E-state index contributed by atoms with van der Waals surface area (Å²) in [4.78, 5) is 40.6. The van der Waals surface area contributed by atoms with E-state index in [2.05, 4.69) is 108 Å². The molecule has 1 aliphatic rings. The Morgan fingerprint density at radius 2 is 1.36 bits per heavy atom. The highest BCUT2D eigenvalue weighted by Gasteiger charge is 2.28. The lowest BCUT2D eigenvalue weighted by Gasteiger charge is -2.32. The molecule has 5 aromatic carbocycles. The van der Waals surface area contributed by atoms with Crippen LogP contribution >= 0.6 is 0 Å². The van der Waals surface area contributed by atoms with Crippen LogP contribution < -0.4 is 22.3 Å². The molecule has 10 heteroatoms. The minimum Gasteiger partial charge on any atom is -0.444 e. The Balaban J connectivity index is 0.000000208. The van der Waals surface area contributed by atoms with Gasteiger partial charge < -0.3 is 26.1 Å². The molecule has 6 N–H and O–H groups in total. The predicted molar refractivity (Wildman–Crippen MR) is 223 cm³/mol. The average Bonchev–Trinajstić information content (AvgIpc) is 3.16. The average molecular weight is 745 g/mol. The molecule has 1 atom stereocenters. The lowest BCUT2D eigenvalue weighted by molar-refractivity contribution is -0.123. The monoisotopic (exact) mass is 744 g/mol. The van der Waals surface area contributed by atoms with E-state index >= 15 is 0 Å². The molecule has 55 heavy (non-hydrogen) atoms. The number of carbonyl (C=O) groups excluding carboxylic acids is 3. The van der Waals surface area contributed by atoms with E-state index in [1.807, 2.05) is 51.1 Å². The van der Waals surface area contributed by atoms with Gasteiger partial charge in [0.25, 0.3) is 0 Å². The van der Waals surface area contributed by atoms with Crippen molar-refractivity contribution in [3.8, 4) is 0 Å². The predicted octanol–water partition coefficient (Wildman–Crippen LogP) is 7.26. The number of aliphatic imine (C=N–C) groups is 1. The van der Waals surface area contributed by atoms with E-state index in [0.717, 1.165) is 12.0 Å². The number of amides is 3. The summed E-state index contributed by atoms with van der Waals surface area (Å²) < 4.78 is 5.24. The van der Waals surface area contributed by atoms with Crippen LogP contribution in [0.15, 0.2) is 120 Å². The second kappa shape index (κ2) is 20.6. The Hall–Kier alpha value is -5.74. The molecule has 1 heterocycles. The number of nitrogens with zero attached hydrogens (tertiary/aromatic N) is 2. The second-order valence-corrected chi connectivity index (χ2v) is 14.8. The summed E-state index contributed by atoms with van der Waals surface area (Å²) in [6.07, 6.45) is 2.38. The van der Waals surface area contributed by atoms with E-state index in [4.69, 9.17) is 16.3 Å². The third-order valence-electron chi connectivity index (χ3n) is 9.09. The number of aryl methyl sites for hydroxylation is 1. The highest BCUT2D eigenvalue weighted by molar-refractivity contribution is 5.91. The third-order valence-corrected chi connectivity index (χ3v) is 9.09. The van der Waals surface area contributed by atoms with Crippen molar-refractivity contribution in [2.45, 2.75) is 71.9 Å². The molecule has 5 aromatic rings. The summed E-state index contributed by atoms with van der Waals surface area (Å²) >= 11 is 0.